The number of aromatic nitrogens is 1. The first kappa shape index (κ1) is 20.8. The number of nitrogens with zero attached hydrogens (tertiary/aromatic N) is 1. The number of para-hydroxylation sites is 2. The normalized spacial score (nSPS) is 11.9. The second-order valence-corrected chi connectivity index (χ2v) is 10.3. The highest BCUT2D eigenvalue weighted by Gasteiger charge is 2.18. The van der Waals surface area contributed by atoms with E-state index in [4.69, 9.17) is 4.42 Å². The van der Waals surface area contributed by atoms with Crippen LogP contribution in [0.5, 0.6) is 0 Å². The summed E-state index contributed by atoms with van der Waals surface area (Å²) >= 11 is 3.74. The predicted octanol–water partition coefficient (Wildman–Crippen LogP) is 10.3. The molecule has 0 aliphatic heterocycles. The molecule has 0 aliphatic rings. The molecule has 0 saturated carbocycles. The lowest BCUT2D eigenvalue weighted by molar-refractivity contribution is 0.669. The molecule has 0 N–H and O–H groups in total. The van der Waals surface area contributed by atoms with Crippen LogP contribution < -0.4 is 0 Å². The lowest BCUT2D eigenvalue weighted by atomic mass is 9.94. The second kappa shape index (κ2) is 7.83. The Kier molecular flexibility index (Phi) is 4.40. The SMILES string of the molecule is Brc1cccc2oc3ccc(-c4cc5c6ccccc6n(-c6ccccc6)c5c5ccccc45)cc3c12. The van der Waals surface area contributed by atoms with Crippen molar-refractivity contribution < 1.29 is 4.42 Å². The molecular formula is C34H20BrNO. The number of hydrogen-bond donors (Lipinski definition) is 0. The first-order valence-corrected chi connectivity index (χ1v) is 13.2. The van der Waals surface area contributed by atoms with Crippen LogP contribution in [0.3, 0.4) is 0 Å². The van der Waals surface area contributed by atoms with Gasteiger partial charge in [0.05, 0.1) is 11.0 Å². The van der Waals surface area contributed by atoms with E-state index in [1.54, 1.807) is 0 Å². The minimum atomic E-state index is 0.896. The Hall–Kier alpha value is -4.34. The average Bonchev–Trinajstić information content (AvgIpc) is 3.49. The van der Waals surface area contributed by atoms with Crippen molar-refractivity contribution in [3.05, 3.63) is 126 Å². The third-order valence-electron chi connectivity index (χ3n) is 7.44. The summed E-state index contributed by atoms with van der Waals surface area (Å²) in [7, 11) is 0. The van der Waals surface area contributed by atoms with Crippen LogP contribution in [-0.2, 0) is 0 Å². The largest absolute Gasteiger partial charge is 0.456 e. The van der Waals surface area contributed by atoms with Crippen molar-refractivity contribution in [2.24, 2.45) is 0 Å². The standard InChI is InChI=1S/C34H20BrNO/c35-29-14-8-16-32-33(29)28-19-21(17-18-31(28)37-32)26-20-27-24-12-6-7-15-30(24)36(22-9-2-1-3-10-22)34(27)25-13-5-4-11-23(25)26/h1-20H. The fourth-order valence-corrected chi connectivity index (χ4v) is 6.42. The molecule has 6 aromatic carbocycles. The van der Waals surface area contributed by atoms with Gasteiger partial charge in [0.25, 0.3) is 0 Å². The summed E-state index contributed by atoms with van der Waals surface area (Å²) in [5.74, 6) is 0. The van der Waals surface area contributed by atoms with E-state index >= 15 is 0 Å². The zero-order chi connectivity index (χ0) is 24.5. The van der Waals surface area contributed by atoms with Crippen LogP contribution in [0.25, 0.3) is 71.3 Å². The van der Waals surface area contributed by atoms with E-state index in [0.717, 1.165) is 26.4 Å². The maximum atomic E-state index is 6.16. The number of halogens is 1. The summed E-state index contributed by atoms with van der Waals surface area (Å²) in [6, 6.07) is 43.2. The molecule has 37 heavy (non-hydrogen) atoms. The Bertz CT molecular complexity index is 2150. The van der Waals surface area contributed by atoms with Crippen molar-refractivity contribution in [3.63, 3.8) is 0 Å². The van der Waals surface area contributed by atoms with Crippen LogP contribution in [-0.4, -0.2) is 4.57 Å². The predicted molar refractivity (Wildman–Crippen MR) is 159 cm³/mol. The van der Waals surface area contributed by atoms with Gasteiger partial charge in [0.1, 0.15) is 11.2 Å². The molecule has 8 aromatic rings. The maximum absolute atomic E-state index is 6.16. The first-order chi connectivity index (χ1) is 18.3. The number of hydrogen-bond acceptors (Lipinski definition) is 1. The molecule has 0 radical (unpaired) electrons. The fourth-order valence-electron chi connectivity index (χ4n) is 5.86. The van der Waals surface area contributed by atoms with Gasteiger partial charge in [0.2, 0.25) is 0 Å². The lowest BCUT2D eigenvalue weighted by Crippen LogP contribution is -1.94. The van der Waals surface area contributed by atoms with Gasteiger partial charge in [-0.2, -0.15) is 0 Å². The molecule has 2 aromatic heterocycles. The van der Waals surface area contributed by atoms with Crippen molar-refractivity contribution in [2.75, 3.05) is 0 Å². The molecule has 3 heteroatoms. The summed E-state index contributed by atoms with van der Waals surface area (Å²) in [5, 5.41) is 7.23. The van der Waals surface area contributed by atoms with E-state index in [1.165, 1.54) is 49.4 Å². The van der Waals surface area contributed by atoms with Crippen molar-refractivity contribution in [1.29, 1.82) is 0 Å². The van der Waals surface area contributed by atoms with Gasteiger partial charge in [0, 0.05) is 37.1 Å². The smallest absolute Gasteiger partial charge is 0.136 e. The molecule has 0 amide bonds. The van der Waals surface area contributed by atoms with E-state index in [2.05, 4.69) is 130 Å². The Morgan fingerprint density at radius 1 is 0.541 bits per heavy atom. The average molecular weight is 538 g/mol. The monoisotopic (exact) mass is 537 g/mol. The Labute approximate surface area is 221 Å². The van der Waals surface area contributed by atoms with Gasteiger partial charge in [0.15, 0.2) is 0 Å². The van der Waals surface area contributed by atoms with E-state index in [9.17, 15) is 0 Å². The minimum Gasteiger partial charge on any atom is -0.456 e. The first-order valence-electron chi connectivity index (χ1n) is 12.4. The van der Waals surface area contributed by atoms with Gasteiger partial charge in [-0.1, -0.05) is 88.7 Å². The lowest BCUT2D eigenvalue weighted by Gasteiger charge is -2.13. The summed E-state index contributed by atoms with van der Waals surface area (Å²) < 4.78 is 9.61. The van der Waals surface area contributed by atoms with Crippen LogP contribution in [0.2, 0.25) is 0 Å². The number of benzene rings is 6. The highest BCUT2D eigenvalue weighted by molar-refractivity contribution is 9.10. The topological polar surface area (TPSA) is 18.1 Å². The molecule has 2 heterocycles. The number of rotatable bonds is 2. The van der Waals surface area contributed by atoms with E-state index in [0.29, 0.717) is 0 Å². The van der Waals surface area contributed by atoms with Crippen LogP contribution in [0, 0.1) is 0 Å². The molecular weight excluding hydrogens is 518 g/mol. The van der Waals surface area contributed by atoms with Gasteiger partial charge in [-0.3, -0.25) is 0 Å². The van der Waals surface area contributed by atoms with Crippen LogP contribution >= 0.6 is 15.9 Å². The molecule has 0 fully saturated rings. The Morgan fingerprint density at radius 2 is 1.30 bits per heavy atom. The molecule has 0 unspecified atom stereocenters. The van der Waals surface area contributed by atoms with Gasteiger partial charge in [-0.15, -0.1) is 0 Å². The van der Waals surface area contributed by atoms with Crippen molar-refractivity contribution >= 4 is 70.4 Å². The number of furan rings is 1. The van der Waals surface area contributed by atoms with E-state index in [1.807, 2.05) is 12.1 Å². The minimum absolute atomic E-state index is 0.896. The van der Waals surface area contributed by atoms with Crippen molar-refractivity contribution in [1.82, 2.24) is 4.57 Å². The molecule has 0 spiro atoms. The molecule has 0 atom stereocenters. The summed E-state index contributed by atoms with van der Waals surface area (Å²) in [6.45, 7) is 0. The highest BCUT2D eigenvalue weighted by Crippen LogP contribution is 2.43. The zero-order valence-corrected chi connectivity index (χ0v) is 21.4. The molecule has 2 nitrogen and oxygen atoms in total. The summed E-state index contributed by atoms with van der Waals surface area (Å²) in [6.07, 6.45) is 0. The molecule has 0 aliphatic carbocycles. The van der Waals surface area contributed by atoms with Crippen LogP contribution in [0.4, 0.5) is 0 Å². The summed E-state index contributed by atoms with van der Waals surface area (Å²) in [5.41, 5.74) is 7.82. The van der Waals surface area contributed by atoms with E-state index in [-0.39, 0.29) is 0 Å². The quantitative estimate of drug-likeness (QED) is 0.214. The third kappa shape index (κ3) is 2.98. The van der Waals surface area contributed by atoms with Gasteiger partial charge in [-0.05, 0) is 65.0 Å². The van der Waals surface area contributed by atoms with Gasteiger partial charge in [-0.25, -0.2) is 0 Å². The fraction of sp³-hybridized carbons (Fsp3) is 0. The van der Waals surface area contributed by atoms with Crippen LogP contribution in [0.1, 0.15) is 0 Å². The molecule has 174 valence electrons. The van der Waals surface area contributed by atoms with Crippen molar-refractivity contribution in [2.45, 2.75) is 0 Å². The third-order valence-corrected chi connectivity index (χ3v) is 8.11. The second-order valence-electron chi connectivity index (χ2n) is 9.48. The molecule has 8 rings (SSSR count). The Morgan fingerprint density at radius 3 is 2.16 bits per heavy atom. The highest BCUT2D eigenvalue weighted by atomic mass is 79.9. The molecule has 0 bridgehead atoms. The van der Waals surface area contributed by atoms with Crippen LogP contribution in [0.15, 0.2) is 130 Å². The summed E-state index contributed by atoms with van der Waals surface area (Å²) in [4.78, 5) is 0. The molecule has 0 saturated heterocycles. The zero-order valence-electron chi connectivity index (χ0n) is 19.8. The van der Waals surface area contributed by atoms with E-state index < -0.39 is 0 Å². The Balaban J connectivity index is 1.52. The van der Waals surface area contributed by atoms with Gasteiger partial charge >= 0.3 is 0 Å². The van der Waals surface area contributed by atoms with Crippen molar-refractivity contribution in [3.8, 4) is 16.8 Å². The van der Waals surface area contributed by atoms with Gasteiger partial charge < -0.3 is 8.98 Å². The maximum Gasteiger partial charge on any atom is 0.136 e. The number of fused-ring (bicyclic) bond motifs is 8.